The second kappa shape index (κ2) is 10.4. The van der Waals surface area contributed by atoms with E-state index in [0.717, 1.165) is 64.2 Å². The fourth-order valence-electron chi connectivity index (χ4n) is 11.7. The van der Waals surface area contributed by atoms with Crippen LogP contribution in [-0.4, -0.2) is 33.8 Å². The molecule has 0 saturated heterocycles. The lowest BCUT2D eigenvalue weighted by atomic mass is 9.33. The summed E-state index contributed by atoms with van der Waals surface area (Å²) in [5, 5.41) is 33.2. The number of allylic oxidation sites excluding steroid dienone is 2. The van der Waals surface area contributed by atoms with Crippen molar-refractivity contribution in [1.29, 1.82) is 0 Å². The number of hydrogen-bond acceptors (Lipinski definition) is 6. The number of nitrogens with zero attached hydrogens (tertiary/aromatic N) is 1. The van der Waals surface area contributed by atoms with Gasteiger partial charge in [-0.3, -0.25) is 14.9 Å². The Balaban J connectivity index is 1.35. The molecule has 0 unspecified atom stereocenters. The van der Waals surface area contributed by atoms with Crippen molar-refractivity contribution in [2.24, 2.45) is 50.2 Å². The molecule has 1 aromatic carbocycles. The minimum Gasteiger partial charge on any atom is -0.460 e. The van der Waals surface area contributed by atoms with Gasteiger partial charge < -0.3 is 14.9 Å². The average molecular weight is 608 g/mol. The molecule has 0 amide bonds. The fraction of sp³-hybridized carbons (Fsp3) is 0.757. The van der Waals surface area contributed by atoms with Crippen molar-refractivity contribution >= 4 is 11.7 Å². The molecular formula is C37H53NO6. The second-order valence-corrected chi connectivity index (χ2v) is 17.1. The molecule has 0 spiro atoms. The van der Waals surface area contributed by atoms with Crippen LogP contribution in [0.25, 0.3) is 0 Å². The summed E-state index contributed by atoms with van der Waals surface area (Å²) in [6.45, 7) is 14.1. The molecule has 6 rings (SSSR count). The van der Waals surface area contributed by atoms with E-state index in [9.17, 15) is 25.1 Å². The number of carbonyl (C=O) groups is 1. The van der Waals surface area contributed by atoms with Gasteiger partial charge >= 0.3 is 5.97 Å². The Morgan fingerprint density at radius 3 is 2.39 bits per heavy atom. The van der Waals surface area contributed by atoms with Gasteiger partial charge in [-0.2, -0.15) is 0 Å². The first-order valence-electron chi connectivity index (χ1n) is 17.0. The number of aliphatic hydroxyl groups excluding tert-OH is 2. The van der Waals surface area contributed by atoms with Crippen LogP contribution < -0.4 is 0 Å². The van der Waals surface area contributed by atoms with E-state index in [4.69, 9.17) is 4.74 Å². The smallest absolute Gasteiger partial charge is 0.313 e. The van der Waals surface area contributed by atoms with E-state index < -0.39 is 21.9 Å². The van der Waals surface area contributed by atoms with Gasteiger partial charge in [-0.05, 0) is 110 Å². The topological polar surface area (TPSA) is 110 Å². The maximum absolute atomic E-state index is 14.3. The Morgan fingerprint density at radius 2 is 1.68 bits per heavy atom. The Kier molecular flexibility index (Phi) is 7.49. The van der Waals surface area contributed by atoms with E-state index in [0.29, 0.717) is 11.5 Å². The molecule has 4 fully saturated rings. The molecule has 0 aromatic heterocycles. The Bertz CT molecular complexity index is 1370. The number of ether oxygens (including phenoxy) is 1. The summed E-state index contributed by atoms with van der Waals surface area (Å²) in [5.41, 5.74) is 0.889. The molecule has 0 heterocycles. The quantitative estimate of drug-likeness (QED) is 0.153. The third kappa shape index (κ3) is 4.30. The van der Waals surface area contributed by atoms with E-state index in [1.54, 1.807) is 18.2 Å². The van der Waals surface area contributed by atoms with Crippen LogP contribution >= 0.6 is 0 Å². The molecule has 2 N–H and O–H groups in total. The van der Waals surface area contributed by atoms with Crippen LogP contribution in [0.2, 0.25) is 0 Å². The van der Waals surface area contributed by atoms with Gasteiger partial charge in [0.25, 0.3) is 5.69 Å². The van der Waals surface area contributed by atoms with Gasteiger partial charge in [0.05, 0.1) is 28.6 Å². The molecule has 5 aliphatic rings. The summed E-state index contributed by atoms with van der Waals surface area (Å²) < 4.78 is 6.05. The number of para-hydroxylation sites is 1. The molecule has 0 aliphatic heterocycles. The molecule has 7 heteroatoms. The zero-order valence-electron chi connectivity index (χ0n) is 27.7. The van der Waals surface area contributed by atoms with Crippen molar-refractivity contribution in [2.75, 3.05) is 6.61 Å². The predicted molar refractivity (Wildman–Crippen MR) is 169 cm³/mol. The molecular weight excluding hydrogens is 554 g/mol. The Labute approximate surface area is 263 Å². The van der Waals surface area contributed by atoms with Gasteiger partial charge in [-0.1, -0.05) is 65.3 Å². The summed E-state index contributed by atoms with van der Waals surface area (Å²) in [5.74, 6) is 0.605. The lowest BCUT2D eigenvalue weighted by Crippen LogP contribution is -2.66. The molecule has 1 aromatic rings. The highest BCUT2D eigenvalue weighted by molar-refractivity contribution is 5.79. The van der Waals surface area contributed by atoms with Crippen molar-refractivity contribution in [3.63, 3.8) is 0 Å². The monoisotopic (exact) mass is 607 g/mol. The molecule has 0 bridgehead atoms. The number of aliphatic hydroxyl groups is 2. The van der Waals surface area contributed by atoms with Crippen LogP contribution in [0, 0.1) is 60.4 Å². The van der Waals surface area contributed by atoms with Crippen molar-refractivity contribution in [3.05, 3.63) is 51.6 Å². The third-order valence-electron chi connectivity index (χ3n) is 14.7. The maximum atomic E-state index is 14.3. The fourth-order valence-corrected chi connectivity index (χ4v) is 11.7. The van der Waals surface area contributed by atoms with Crippen LogP contribution in [0.5, 0.6) is 0 Å². The van der Waals surface area contributed by atoms with Gasteiger partial charge in [0.2, 0.25) is 0 Å². The number of hydrogen-bond donors (Lipinski definition) is 2. The van der Waals surface area contributed by atoms with Crippen molar-refractivity contribution in [2.45, 2.75) is 118 Å². The summed E-state index contributed by atoms with van der Waals surface area (Å²) in [7, 11) is 0. The third-order valence-corrected chi connectivity index (χ3v) is 14.7. The zero-order chi connectivity index (χ0) is 31.9. The molecule has 0 radical (unpaired) electrons. The van der Waals surface area contributed by atoms with Crippen LogP contribution in [0.3, 0.4) is 0 Å². The first kappa shape index (κ1) is 31.7. The van der Waals surface area contributed by atoms with E-state index in [-0.39, 0.29) is 58.4 Å². The van der Waals surface area contributed by atoms with Gasteiger partial charge in [0.1, 0.15) is 6.61 Å². The maximum Gasteiger partial charge on any atom is 0.313 e. The summed E-state index contributed by atoms with van der Waals surface area (Å²) in [4.78, 5) is 25.5. The van der Waals surface area contributed by atoms with Gasteiger partial charge in [-0.25, -0.2) is 0 Å². The SMILES string of the molecule is CC1(C)CC[C@]2(C(=O)OCc3ccccc3[N+](=O)[O-])CC[C@]3(C)C(=CC[C@@H]4[C@@]5(C)CC[C@H](O)[C@@](C)(CO)[C@@H]5CC[C@]43C)[C@@H]2C1. The lowest BCUT2D eigenvalue weighted by Gasteiger charge is -2.71. The van der Waals surface area contributed by atoms with Gasteiger partial charge in [0.15, 0.2) is 0 Å². The second-order valence-electron chi connectivity index (χ2n) is 17.1. The first-order chi connectivity index (χ1) is 20.6. The van der Waals surface area contributed by atoms with Crippen molar-refractivity contribution < 1.29 is 24.7 Å². The zero-order valence-corrected chi connectivity index (χ0v) is 27.7. The minimum absolute atomic E-state index is 0.0130. The number of rotatable bonds is 5. The molecule has 4 saturated carbocycles. The standard InChI is InChI=1S/C37H53NO6/c1-32(2)17-19-37(31(41)44-22-24-9-7-8-10-27(24)38(42)43)20-18-35(5)25(26(37)21-32)11-12-29-33(3)15-14-30(40)34(4,23-39)28(33)13-16-36(29,35)6/h7-11,26,28-30,39-40H,12-23H2,1-6H3/t26-,28+,29+,30-,33-,34-,35+,36+,37-/m0/s1. The lowest BCUT2D eigenvalue weighted by molar-refractivity contribution is -0.385. The average Bonchev–Trinajstić information content (AvgIpc) is 2.98. The van der Waals surface area contributed by atoms with E-state index >= 15 is 0 Å². The summed E-state index contributed by atoms with van der Waals surface area (Å²) >= 11 is 0. The number of carbonyl (C=O) groups excluding carboxylic acids is 1. The largest absolute Gasteiger partial charge is 0.460 e. The van der Waals surface area contributed by atoms with E-state index in [2.05, 4.69) is 47.6 Å². The highest BCUT2D eigenvalue weighted by atomic mass is 16.6. The highest BCUT2D eigenvalue weighted by Crippen LogP contribution is 2.75. The van der Waals surface area contributed by atoms with Crippen LogP contribution in [0.4, 0.5) is 5.69 Å². The molecule has 9 atom stereocenters. The molecule has 242 valence electrons. The summed E-state index contributed by atoms with van der Waals surface area (Å²) in [6, 6.07) is 6.53. The minimum atomic E-state index is -0.612. The van der Waals surface area contributed by atoms with Gasteiger partial charge in [-0.15, -0.1) is 0 Å². The van der Waals surface area contributed by atoms with Crippen LogP contribution in [0.1, 0.15) is 111 Å². The highest BCUT2D eigenvalue weighted by Gasteiger charge is 2.69. The van der Waals surface area contributed by atoms with Gasteiger partial charge in [0, 0.05) is 11.5 Å². The van der Waals surface area contributed by atoms with Crippen molar-refractivity contribution in [3.8, 4) is 0 Å². The number of nitro groups is 1. The number of benzene rings is 1. The predicted octanol–water partition coefficient (Wildman–Crippen LogP) is 7.77. The Morgan fingerprint density at radius 1 is 0.977 bits per heavy atom. The van der Waals surface area contributed by atoms with E-state index in [1.807, 2.05) is 0 Å². The Hall–Kier alpha value is -2.25. The number of esters is 1. The molecule has 5 aliphatic carbocycles. The normalized spacial score (nSPS) is 44.2. The van der Waals surface area contributed by atoms with E-state index in [1.165, 1.54) is 11.6 Å². The van der Waals surface area contributed by atoms with Crippen LogP contribution in [0.15, 0.2) is 35.9 Å². The van der Waals surface area contributed by atoms with Crippen molar-refractivity contribution in [1.82, 2.24) is 0 Å². The first-order valence-corrected chi connectivity index (χ1v) is 17.0. The molecule has 7 nitrogen and oxygen atoms in total. The van der Waals surface area contributed by atoms with Crippen LogP contribution in [-0.2, 0) is 16.1 Å². The molecule has 44 heavy (non-hydrogen) atoms. The summed E-state index contributed by atoms with van der Waals surface area (Å²) in [6.07, 6.45) is 11.1. The number of fused-ring (bicyclic) bond motifs is 7. The number of nitro benzene ring substituents is 1.